The predicted molar refractivity (Wildman–Crippen MR) is 96.4 cm³/mol. The second-order valence-electron chi connectivity index (χ2n) is 5.44. The smallest absolute Gasteiger partial charge is 0.340 e. The Morgan fingerprint density at radius 2 is 1.81 bits per heavy atom. The van der Waals surface area contributed by atoms with Crippen LogP contribution in [-0.4, -0.2) is 37.3 Å². The summed E-state index contributed by atoms with van der Waals surface area (Å²) in [6.07, 6.45) is 1.97. The molecule has 138 valence electrons. The van der Waals surface area contributed by atoms with Crippen molar-refractivity contribution in [3.05, 3.63) is 59.2 Å². The fourth-order valence-electron chi connectivity index (χ4n) is 2.20. The van der Waals surface area contributed by atoms with Crippen molar-refractivity contribution in [3.8, 4) is 0 Å². The van der Waals surface area contributed by atoms with E-state index in [1.54, 1.807) is 18.8 Å². The Morgan fingerprint density at radius 1 is 1.15 bits per heavy atom. The topological polar surface area (TPSA) is 58.6 Å². The first-order valence-corrected chi connectivity index (χ1v) is 8.80. The van der Waals surface area contributed by atoms with Gasteiger partial charge in [0.15, 0.2) is 0 Å². The number of amides is 2. The van der Waals surface area contributed by atoms with Gasteiger partial charge in [0.25, 0.3) is 0 Å². The molecule has 1 N–H and O–H groups in total. The van der Waals surface area contributed by atoms with Gasteiger partial charge in [0.05, 0.1) is 18.4 Å². The van der Waals surface area contributed by atoms with Gasteiger partial charge in [-0.15, -0.1) is 11.8 Å². The predicted octanol–water partition coefficient (Wildman–Crippen LogP) is 4.14. The Balaban J connectivity index is 2.11. The standard InChI is InChI=1S/C18H18F2N2O3S/c1-22(10-11-4-6-12(26-3)7-5-11)18(24)21-16-8-13(17(23)25-2)14(19)9-15(16)20/h4-9H,10H2,1-3H3,(H,21,24). The van der Waals surface area contributed by atoms with Gasteiger partial charge >= 0.3 is 12.0 Å². The largest absolute Gasteiger partial charge is 0.465 e. The third-order valence-electron chi connectivity index (χ3n) is 3.63. The molecule has 0 atom stereocenters. The number of carbonyl (C=O) groups is 2. The monoisotopic (exact) mass is 380 g/mol. The molecule has 0 aliphatic heterocycles. The normalized spacial score (nSPS) is 10.3. The molecule has 0 saturated heterocycles. The molecule has 2 aromatic rings. The van der Waals surface area contributed by atoms with Gasteiger partial charge in [-0.05, 0) is 30.0 Å². The van der Waals surface area contributed by atoms with Gasteiger partial charge in [0, 0.05) is 24.6 Å². The minimum absolute atomic E-state index is 0.299. The molecule has 0 bridgehead atoms. The van der Waals surface area contributed by atoms with Gasteiger partial charge in [-0.2, -0.15) is 0 Å². The number of rotatable bonds is 5. The molecule has 0 heterocycles. The van der Waals surface area contributed by atoms with E-state index in [2.05, 4.69) is 10.1 Å². The van der Waals surface area contributed by atoms with Gasteiger partial charge < -0.3 is 15.0 Å². The Bertz CT molecular complexity index is 813. The average Bonchev–Trinajstić information content (AvgIpc) is 2.63. The van der Waals surface area contributed by atoms with E-state index in [0.717, 1.165) is 23.6 Å². The number of thioether (sulfide) groups is 1. The third-order valence-corrected chi connectivity index (χ3v) is 4.37. The van der Waals surface area contributed by atoms with E-state index in [4.69, 9.17) is 0 Å². The van der Waals surface area contributed by atoms with Crippen molar-refractivity contribution in [2.45, 2.75) is 11.4 Å². The van der Waals surface area contributed by atoms with E-state index < -0.39 is 29.2 Å². The number of hydrogen-bond acceptors (Lipinski definition) is 4. The number of methoxy groups -OCH3 is 1. The van der Waals surface area contributed by atoms with E-state index in [9.17, 15) is 18.4 Å². The minimum Gasteiger partial charge on any atom is -0.465 e. The third kappa shape index (κ3) is 4.72. The fourth-order valence-corrected chi connectivity index (χ4v) is 2.61. The fraction of sp³-hybridized carbons (Fsp3) is 0.222. The molecule has 2 aromatic carbocycles. The highest BCUT2D eigenvalue weighted by atomic mass is 32.2. The summed E-state index contributed by atoms with van der Waals surface area (Å²) in [5, 5.41) is 2.33. The van der Waals surface area contributed by atoms with Crippen LogP contribution < -0.4 is 5.32 Å². The molecule has 2 amide bonds. The lowest BCUT2D eigenvalue weighted by Crippen LogP contribution is -2.31. The van der Waals surface area contributed by atoms with Crippen LogP contribution in [0.5, 0.6) is 0 Å². The van der Waals surface area contributed by atoms with E-state index in [-0.39, 0.29) is 5.69 Å². The second-order valence-corrected chi connectivity index (χ2v) is 6.32. The molecule has 0 aromatic heterocycles. The highest BCUT2D eigenvalue weighted by molar-refractivity contribution is 7.98. The molecular formula is C18H18F2N2O3S. The van der Waals surface area contributed by atoms with Crippen molar-refractivity contribution in [3.63, 3.8) is 0 Å². The number of esters is 1. The van der Waals surface area contributed by atoms with Crippen LogP contribution >= 0.6 is 11.8 Å². The zero-order chi connectivity index (χ0) is 19.3. The summed E-state index contributed by atoms with van der Waals surface area (Å²) in [5.74, 6) is -3.00. The van der Waals surface area contributed by atoms with Crippen LogP contribution in [0, 0.1) is 11.6 Å². The van der Waals surface area contributed by atoms with Crippen molar-refractivity contribution in [2.75, 3.05) is 25.7 Å². The highest BCUT2D eigenvalue weighted by Gasteiger charge is 2.19. The first-order chi connectivity index (χ1) is 12.3. The number of benzene rings is 2. The van der Waals surface area contributed by atoms with E-state index >= 15 is 0 Å². The molecular weight excluding hydrogens is 362 g/mol. The van der Waals surface area contributed by atoms with Gasteiger partial charge in [-0.3, -0.25) is 0 Å². The van der Waals surface area contributed by atoms with E-state index in [0.29, 0.717) is 12.6 Å². The minimum atomic E-state index is -1.06. The molecule has 0 fully saturated rings. The second kappa shape index (κ2) is 8.66. The van der Waals surface area contributed by atoms with E-state index in [1.807, 2.05) is 30.5 Å². The van der Waals surface area contributed by atoms with Crippen LogP contribution in [-0.2, 0) is 11.3 Å². The maximum absolute atomic E-state index is 13.9. The first kappa shape index (κ1) is 19.7. The molecule has 2 rings (SSSR count). The summed E-state index contributed by atoms with van der Waals surface area (Å²) >= 11 is 1.61. The van der Waals surface area contributed by atoms with Crippen LogP contribution in [0.3, 0.4) is 0 Å². The average molecular weight is 380 g/mol. The summed E-state index contributed by atoms with van der Waals surface area (Å²) in [6.45, 7) is 0.299. The van der Waals surface area contributed by atoms with Crippen molar-refractivity contribution >= 4 is 29.4 Å². The van der Waals surface area contributed by atoms with E-state index in [1.165, 1.54) is 4.90 Å². The molecule has 0 saturated carbocycles. The quantitative estimate of drug-likeness (QED) is 0.626. The molecule has 0 spiro atoms. The highest BCUT2D eigenvalue weighted by Crippen LogP contribution is 2.21. The van der Waals surface area contributed by atoms with Crippen LogP contribution in [0.2, 0.25) is 0 Å². The first-order valence-electron chi connectivity index (χ1n) is 7.58. The summed E-state index contributed by atoms with van der Waals surface area (Å²) in [7, 11) is 2.62. The Hall–Kier alpha value is -2.61. The number of nitrogens with one attached hydrogen (secondary N) is 1. The van der Waals surface area contributed by atoms with Crippen LogP contribution in [0.25, 0.3) is 0 Å². The number of urea groups is 1. The Labute approximate surface area is 154 Å². The number of ether oxygens (including phenoxy) is 1. The zero-order valence-electron chi connectivity index (χ0n) is 14.5. The molecule has 26 heavy (non-hydrogen) atoms. The molecule has 0 unspecified atom stereocenters. The van der Waals surface area contributed by atoms with Crippen molar-refractivity contribution in [1.29, 1.82) is 0 Å². The molecule has 0 aliphatic carbocycles. The summed E-state index contributed by atoms with van der Waals surface area (Å²) in [4.78, 5) is 26.2. The number of hydrogen-bond donors (Lipinski definition) is 1. The lowest BCUT2D eigenvalue weighted by Gasteiger charge is -2.19. The molecule has 0 aliphatic rings. The molecule has 8 heteroatoms. The van der Waals surface area contributed by atoms with Crippen LogP contribution in [0.4, 0.5) is 19.3 Å². The maximum atomic E-state index is 13.9. The van der Waals surface area contributed by atoms with Crippen molar-refractivity contribution < 1.29 is 23.1 Å². The van der Waals surface area contributed by atoms with Gasteiger partial charge in [-0.25, -0.2) is 18.4 Å². The lowest BCUT2D eigenvalue weighted by molar-refractivity contribution is 0.0595. The summed E-state index contributed by atoms with van der Waals surface area (Å²) in [5.41, 5.74) is 0.135. The Kier molecular flexibility index (Phi) is 6.57. The van der Waals surface area contributed by atoms with Gasteiger partial charge in [0.2, 0.25) is 0 Å². The van der Waals surface area contributed by atoms with Gasteiger partial charge in [-0.1, -0.05) is 12.1 Å². The summed E-state index contributed by atoms with van der Waals surface area (Å²) in [6, 6.07) is 8.51. The maximum Gasteiger partial charge on any atom is 0.340 e. The van der Waals surface area contributed by atoms with Crippen LogP contribution in [0.15, 0.2) is 41.3 Å². The van der Waals surface area contributed by atoms with Crippen molar-refractivity contribution in [1.82, 2.24) is 4.90 Å². The summed E-state index contributed by atoms with van der Waals surface area (Å²) < 4.78 is 32.0. The molecule has 5 nitrogen and oxygen atoms in total. The van der Waals surface area contributed by atoms with Crippen molar-refractivity contribution in [2.24, 2.45) is 0 Å². The van der Waals surface area contributed by atoms with Crippen LogP contribution in [0.1, 0.15) is 15.9 Å². The number of carbonyl (C=O) groups excluding carboxylic acids is 2. The number of anilines is 1. The Morgan fingerprint density at radius 3 is 2.38 bits per heavy atom. The molecule has 0 radical (unpaired) electrons. The SMILES string of the molecule is COC(=O)c1cc(NC(=O)N(C)Cc2ccc(SC)cc2)c(F)cc1F. The lowest BCUT2D eigenvalue weighted by atomic mass is 10.1. The number of halogens is 2. The number of nitrogens with zero attached hydrogens (tertiary/aromatic N) is 1. The zero-order valence-corrected chi connectivity index (χ0v) is 15.3. The van der Waals surface area contributed by atoms with Gasteiger partial charge in [0.1, 0.15) is 11.6 Å².